The second kappa shape index (κ2) is 5.31. The number of fused-ring (bicyclic) bond motifs is 1. The molecular formula is C16H12BrFN2. The van der Waals surface area contributed by atoms with Crippen molar-refractivity contribution < 1.29 is 4.39 Å². The number of para-hydroxylation sites is 1. The summed E-state index contributed by atoms with van der Waals surface area (Å²) in [5.41, 5.74) is 8.34. The van der Waals surface area contributed by atoms with E-state index in [4.69, 9.17) is 5.73 Å². The number of nitrogens with zero attached hydrogens (tertiary/aromatic N) is 1. The lowest BCUT2D eigenvalue weighted by molar-refractivity contribution is 0.598. The molecule has 3 aromatic rings. The van der Waals surface area contributed by atoms with Crippen LogP contribution in [0.25, 0.3) is 10.9 Å². The molecule has 2 nitrogen and oxygen atoms in total. The average molecular weight is 331 g/mol. The Balaban J connectivity index is 2.21. The van der Waals surface area contributed by atoms with E-state index in [2.05, 4.69) is 20.9 Å². The van der Waals surface area contributed by atoms with Gasteiger partial charge in [-0.1, -0.05) is 46.3 Å². The maximum absolute atomic E-state index is 14.1. The molecule has 0 bridgehead atoms. The largest absolute Gasteiger partial charge is 0.320 e. The second-order valence-corrected chi connectivity index (χ2v) is 5.39. The summed E-state index contributed by atoms with van der Waals surface area (Å²) < 4.78 is 14.7. The van der Waals surface area contributed by atoms with E-state index in [0.717, 1.165) is 16.5 Å². The highest BCUT2D eigenvalue weighted by atomic mass is 79.9. The standard InChI is InChI=1S/C16H12BrFN2/c17-12-7-2-8-13(18)14(12)15(19)11-6-1-4-10-5-3-9-20-16(10)11/h1-9,15H,19H2. The van der Waals surface area contributed by atoms with Gasteiger partial charge in [-0.15, -0.1) is 0 Å². The smallest absolute Gasteiger partial charge is 0.129 e. The molecule has 0 saturated carbocycles. The molecule has 1 aromatic heterocycles. The number of rotatable bonds is 2. The van der Waals surface area contributed by atoms with E-state index in [9.17, 15) is 4.39 Å². The van der Waals surface area contributed by atoms with E-state index in [-0.39, 0.29) is 5.82 Å². The van der Waals surface area contributed by atoms with Crippen molar-refractivity contribution in [3.63, 3.8) is 0 Å². The number of aromatic nitrogens is 1. The van der Waals surface area contributed by atoms with Gasteiger partial charge < -0.3 is 5.73 Å². The van der Waals surface area contributed by atoms with Crippen LogP contribution in [0, 0.1) is 5.82 Å². The molecule has 0 fully saturated rings. The number of hydrogen-bond acceptors (Lipinski definition) is 2. The van der Waals surface area contributed by atoms with Crippen LogP contribution in [0.3, 0.4) is 0 Å². The molecule has 4 heteroatoms. The maximum atomic E-state index is 14.1. The van der Waals surface area contributed by atoms with Crippen molar-refractivity contribution in [1.29, 1.82) is 0 Å². The molecule has 0 saturated heterocycles. The van der Waals surface area contributed by atoms with E-state index in [1.165, 1.54) is 6.07 Å². The Morgan fingerprint density at radius 3 is 2.60 bits per heavy atom. The molecule has 0 radical (unpaired) electrons. The van der Waals surface area contributed by atoms with Crippen molar-refractivity contribution in [1.82, 2.24) is 4.98 Å². The van der Waals surface area contributed by atoms with Gasteiger partial charge in [-0.05, 0) is 23.8 Å². The van der Waals surface area contributed by atoms with Crippen molar-refractivity contribution in [2.75, 3.05) is 0 Å². The minimum Gasteiger partial charge on any atom is -0.320 e. The molecule has 3 rings (SSSR count). The van der Waals surface area contributed by atoms with Gasteiger partial charge in [0.25, 0.3) is 0 Å². The van der Waals surface area contributed by atoms with Gasteiger partial charge in [0.2, 0.25) is 0 Å². The van der Waals surface area contributed by atoms with Crippen LogP contribution in [-0.4, -0.2) is 4.98 Å². The predicted molar refractivity (Wildman–Crippen MR) is 81.9 cm³/mol. The van der Waals surface area contributed by atoms with E-state index in [0.29, 0.717) is 10.0 Å². The first kappa shape index (κ1) is 13.2. The van der Waals surface area contributed by atoms with Crippen molar-refractivity contribution in [2.24, 2.45) is 5.73 Å². The van der Waals surface area contributed by atoms with Crippen LogP contribution in [0.4, 0.5) is 4.39 Å². The minimum atomic E-state index is -0.566. The van der Waals surface area contributed by atoms with Gasteiger partial charge in [0.05, 0.1) is 11.6 Å². The van der Waals surface area contributed by atoms with E-state index < -0.39 is 6.04 Å². The fraction of sp³-hybridized carbons (Fsp3) is 0.0625. The van der Waals surface area contributed by atoms with E-state index in [1.807, 2.05) is 30.3 Å². The predicted octanol–water partition coefficient (Wildman–Crippen LogP) is 4.18. The lowest BCUT2D eigenvalue weighted by Gasteiger charge is -2.16. The molecule has 20 heavy (non-hydrogen) atoms. The number of pyridine rings is 1. The first-order chi connectivity index (χ1) is 9.68. The maximum Gasteiger partial charge on any atom is 0.129 e. The SMILES string of the molecule is NC(c1c(F)cccc1Br)c1cccc2cccnc12. The van der Waals surface area contributed by atoms with Crippen molar-refractivity contribution >= 4 is 26.8 Å². The Hall–Kier alpha value is -1.78. The molecule has 0 spiro atoms. The van der Waals surface area contributed by atoms with Crippen LogP contribution in [0.2, 0.25) is 0 Å². The molecule has 0 aliphatic carbocycles. The number of nitrogens with two attached hydrogens (primary N) is 1. The summed E-state index contributed by atoms with van der Waals surface area (Å²) in [4.78, 5) is 4.37. The highest BCUT2D eigenvalue weighted by Gasteiger charge is 2.19. The fourth-order valence-electron chi connectivity index (χ4n) is 2.34. The number of benzene rings is 2. The summed E-state index contributed by atoms with van der Waals surface area (Å²) in [6.45, 7) is 0. The molecule has 2 aromatic carbocycles. The van der Waals surface area contributed by atoms with Gasteiger partial charge in [0.1, 0.15) is 5.82 Å². The highest BCUT2D eigenvalue weighted by Crippen LogP contribution is 2.31. The molecule has 0 aliphatic heterocycles. The minimum absolute atomic E-state index is 0.320. The monoisotopic (exact) mass is 330 g/mol. The number of hydrogen-bond donors (Lipinski definition) is 1. The molecule has 1 atom stereocenters. The highest BCUT2D eigenvalue weighted by molar-refractivity contribution is 9.10. The molecule has 0 aliphatic rings. The van der Waals surface area contributed by atoms with Crippen LogP contribution < -0.4 is 5.73 Å². The quantitative estimate of drug-likeness (QED) is 0.765. The Bertz CT molecular complexity index is 748. The van der Waals surface area contributed by atoms with Gasteiger partial charge in [0.15, 0.2) is 0 Å². The molecule has 0 amide bonds. The fourth-order valence-corrected chi connectivity index (χ4v) is 2.93. The van der Waals surface area contributed by atoms with Crippen LogP contribution in [0.1, 0.15) is 17.2 Å². The van der Waals surface area contributed by atoms with Crippen LogP contribution >= 0.6 is 15.9 Å². The Labute approximate surface area is 124 Å². The summed E-state index contributed by atoms with van der Waals surface area (Å²) in [6.07, 6.45) is 1.72. The van der Waals surface area contributed by atoms with E-state index >= 15 is 0 Å². The zero-order valence-corrected chi connectivity index (χ0v) is 12.1. The lowest BCUT2D eigenvalue weighted by atomic mass is 9.97. The van der Waals surface area contributed by atoms with Crippen LogP contribution in [0.5, 0.6) is 0 Å². The van der Waals surface area contributed by atoms with Crippen molar-refractivity contribution in [2.45, 2.75) is 6.04 Å². The normalized spacial score (nSPS) is 12.6. The van der Waals surface area contributed by atoms with Gasteiger partial charge in [-0.3, -0.25) is 4.98 Å². The van der Waals surface area contributed by atoms with Crippen LogP contribution in [-0.2, 0) is 0 Å². The van der Waals surface area contributed by atoms with Gasteiger partial charge in [-0.2, -0.15) is 0 Å². The summed E-state index contributed by atoms with van der Waals surface area (Å²) >= 11 is 3.37. The number of halogens is 2. The van der Waals surface area contributed by atoms with Gasteiger partial charge in [-0.25, -0.2) is 4.39 Å². The van der Waals surface area contributed by atoms with Crippen LogP contribution in [0.15, 0.2) is 59.2 Å². The van der Waals surface area contributed by atoms with Crippen molar-refractivity contribution in [3.8, 4) is 0 Å². The second-order valence-electron chi connectivity index (χ2n) is 4.54. The van der Waals surface area contributed by atoms with Gasteiger partial charge >= 0.3 is 0 Å². The average Bonchev–Trinajstić information content (AvgIpc) is 2.46. The summed E-state index contributed by atoms with van der Waals surface area (Å²) in [7, 11) is 0. The van der Waals surface area contributed by atoms with Crippen molar-refractivity contribution in [3.05, 3.63) is 76.1 Å². The summed E-state index contributed by atoms with van der Waals surface area (Å²) in [5, 5.41) is 0.993. The molecule has 2 N–H and O–H groups in total. The topological polar surface area (TPSA) is 38.9 Å². The third kappa shape index (κ3) is 2.21. The zero-order chi connectivity index (χ0) is 14.1. The first-order valence-electron chi connectivity index (χ1n) is 6.21. The zero-order valence-electron chi connectivity index (χ0n) is 10.6. The Morgan fingerprint density at radius 1 is 1.05 bits per heavy atom. The third-order valence-electron chi connectivity index (χ3n) is 3.31. The third-order valence-corrected chi connectivity index (χ3v) is 4.00. The molecule has 100 valence electrons. The summed E-state index contributed by atoms with van der Waals surface area (Å²) in [6, 6.07) is 13.9. The van der Waals surface area contributed by atoms with Gasteiger partial charge in [0, 0.05) is 21.6 Å². The molecule has 1 heterocycles. The van der Waals surface area contributed by atoms with E-state index in [1.54, 1.807) is 18.3 Å². The Morgan fingerprint density at radius 2 is 1.80 bits per heavy atom. The molecular weight excluding hydrogens is 319 g/mol. The molecule has 1 unspecified atom stereocenters. The Kier molecular flexibility index (Phi) is 3.51. The summed E-state index contributed by atoms with van der Waals surface area (Å²) in [5.74, 6) is -0.320. The first-order valence-corrected chi connectivity index (χ1v) is 7.01. The lowest BCUT2D eigenvalue weighted by Crippen LogP contribution is -2.15.